The number of carbonyl (C=O) groups excluding carboxylic acids is 1. The van der Waals surface area contributed by atoms with E-state index in [1.165, 1.54) is 18.6 Å². The van der Waals surface area contributed by atoms with Gasteiger partial charge in [0.2, 0.25) is 0 Å². The SMILES string of the molecule is CC.CC(C)CCO.CC(C)CCOC(=O)CCCCC1CCSS1.O=C(O)CCCCC(S)CCS. The Bertz CT molecular complexity index is 487. The monoisotopic (exact) mass is 602 g/mol. The zero-order chi connectivity index (χ0) is 28.9. The third-order valence-corrected chi connectivity index (χ3v) is 8.97. The van der Waals surface area contributed by atoms with E-state index in [1.54, 1.807) is 0 Å². The summed E-state index contributed by atoms with van der Waals surface area (Å²) in [5, 5.41) is 17.8. The summed E-state index contributed by atoms with van der Waals surface area (Å²) in [5.41, 5.74) is 0. The first-order valence-corrected chi connectivity index (χ1v) is 17.7. The third-order valence-electron chi connectivity index (χ3n) is 5.19. The van der Waals surface area contributed by atoms with Crippen molar-refractivity contribution >= 4 is 58.8 Å². The maximum absolute atomic E-state index is 11.4. The summed E-state index contributed by atoms with van der Waals surface area (Å²) in [4.78, 5) is 21.5. The Hall–Kier alpha value is 0.300. The highest BCUT2D eigenvalue weighted by Crippen LogP contribution is 2.39. The Morgan fingerprint density at radius 2 is 1.57 bits per heavy atom. The Labute approximate surface area is 248 Å². The molecule has 2 atom stereocenters. The second-order valence-electron chi connectivity index (χ2n) is 9.69. The van der Waals surface area contributed by atoms with Gasteiger partial charge in [-0.15, -0.1) is 0 Å². The third kappa shape index (κ3) is 38.5. The van der Waals surface area contributed by atoms with E-state index in [0.717, 1.165) is 62.4 Å². The molecule has 0 radical (unpaired) electrons. The maximum atomic E-state index is 11.4. The molecule has 0 aromatic carbocycles. The molecule has 5 nitrogen and oxygen atoms in total. The Balaban J connectivity index is -0.000000503. The van der Waals surface area contributed by atoms with Crippen molar-refractivity contribution < 1.29 is 24.5 Å². The molecule has 1 heterocycles. The van der Waals surface area contributed by atoms with Crippen LogP contribution >= 0.6 is 46.8 Å². The van der Waals surface area contributed by atoms with E-state index in [4.69, 9.17) is 14.9 Å². The zero-order valence-electron chi connectivity index (χ0n) is 24.5. The lowest BCUT2D eigenvalue weighted by Gasteiger charge is -2.08. The van der Waals surface area contributed by atoms with Crippen LogP contribution < -0.4 is 0 Å². The number of hydrogen-bond acceptors (Lipinski definition) is 8. The minimum absolute atomic E-state index is 0.0147. The lowest BCUT2D eigenvalue weighted by molar-refractivity contribution is -0.144. The Kier molecular flexibility index (Phi) is 36.7. The van der Waals surface area contributed by atoms with Gasteiger partial charge in [-0.2, -0.15) is 25.3 Å². The van der Waals surface area contributed by atoms with Gasteiger partial charge in [-0.3, -0.25) is 9.59 Å². The normalized spacial score (nSPS) is 15.1. The van der Waals surface area contributed by atoms with Crippen LogP contribution in [0, 0.1) is 11.8 Å². The summed E-state index contributed by atoms with van der Waals surface area (Å²) >= 11 is 8.43. The number of esters is 1. The molecule has 0 aromatic heterocycles. The molecule has 0 bridgehead atoms. The Morgan fingerprint density at radius 3 is 2.03 bits per heavy atom. The molecule has 0 amide bonds. The lowest BCUT2D eigenvalue weighted by Crippen LogP contribution is -2.07. The molecule has 1 saturated heterocycles. The zero-order valence-corrected chi connectivity index (χ0v) is 27.9. The fourth-order valence-corrected chi connectivity index (χ4v) is 6.75. The minimum Gasteiger partial charge on any atom is -0.481 e. The fraction of sp³-hybridized carbons (Fsp3) is 0.929. The van der Waals surface area contributed by atoms with E-state index in [0.29, 0.717) is 36.7 Å². The van der Waals surface area contributed by atoms with Gasteiger partial charge in [0, 0.05) is 35.7 Å². The van der Waals surface area contributed by atoms with Crippen LogP contribution in [0.4, 0.5) is 0 Å². The number of ether oxygens (including phenoxy) is 1. The second-order valence-corrected chi connectivity index (χ2v) is 13.7. The number of rotatable bonds is 17. The number of aliphatic hydroxyl groups excluding tert-OH is 1. The molecular weight excluding hydrogens is 545 g/mol. The number of aliphatic hydroxyl groups is 1. The fourth-order valence-electron chi connectivity index (χ4n) is 2.89. The van der Waals surface area contributed by atoms with E-state index in [2.05, 4.69) is 53.0 Å². The van der Waals surface area contributed by atoms with Crippen molar-refractivity contribution in [2.24, 2.45) is 11.8 Å². The van der Waals surface area contributed by atoms with Gasteiger partial charge in [-0.05, 0) is 69.0 Å². The number of carboxylic acid groups (broad SMARTS) is 1. The molecule has 1 fully saturated rings. The second kappa shape index (κ2) is 32.5. The summed E-state index contributed by atoms with van der Waals surface area (Å²) in [6, 6.07) is 0. The van der Waals surface area contributed by atoms with Crippen LogP contribution in [0.15, 0.2) is 0 Å². The van der Waals surface area contributed by atoms with E-state index in [-0.39, 0.29) is 12.4 Å². The smallest absolute Gasteiger partial charge is 0.305 e. The molecule has 1 aliphatic heterocycles. The van der Waals surface area contributed by atoms with Gasteiger partial charge in [-0.1, -0.05) is 76.0 Å². The van der Waals surface area contributed by atoms with Gasteiger partial charge >= 0.3 is 11.9 Å². The molecule has 37 heavy (non-hydrogen) atoms. The average molecular weight is 603 g/mol. The molecule has 2 N–H and O–H groups in total. The van der Waals surface area contributed by atoms with Crippen LogP contribution in [-0.2, 0) is 14.3 Å². The van der Waals surface area contributed by atoms with Crippen LogP contribution in [0.3, 0.4) is 0 Å². The first kappa shape index (κ1) is 41.8. The minimum atomic E-state index is -0.708. The topological polar surface area (TPSA) is 83.8 Å². The first-order valence-electron chi connectivity index (χ1n) is 14.2. The van der Waals surface area contributed by atoms with Crippen molar-refractivity contribution in [2.45, 2.75) is 129 Å². The Morgan fingerprint density at radius 1 is 0.946 bits per heavy atom. The highest BCUT2D eigenvalue weighted by atomic mass is 33.1. The van der Waals surface area contributed by atoms with Gasteiger partial charge in [0.25, 0.3) is 0 Å². The molecule has 0 aromatic rings. The number of aliphatic carboxylic acids is 1. The summed E-state index contributed by atoms with van der Waals surface area (Å²) in [7, 11) is 4.00. The van der Waals surface area contributed by atoms with Crippen molar-refractivity contribution in [2.75, 3.05) is 24.7 Å². The quantitative estimate of drug-likeness (QED) is 0.0574. The van der Waals surface area contributed by atoms with Crippen molar-refractivity contribution in [1.29, 1.82) is 0 Å². The van der Waals surface area contributed by atoms with Crippen LogP contribution in [0.1, 0.15) is 119 Å². The molecule has 0 aliphatic carbocycles. The van der Waals surface area contributed by atoms with Gasteiger partial charge in [0.05, 0.1) is 6.61 Å². The standard InChI is InChI=1S/C13H24O2S2.C8H16O2S2.C5H12O.C2H6/c1-11(2)7-9-15-13(14)6-4-3-5-12-8-10-16-17-12;9-8(10)4-2-1-3-7(12)5-6-11;1-5(2)3-4-6;1-2/h11-12H,3-10H2,1-2H3;7,11-12H,1-6H2,(H,9,10);5-6H,3-4H2,1-2H3;1-2H3. The predicted octanol–water partition coefficient (Wildman–Crippen LogP) is 8.59. The molecule has 1 rings (SSSR count). The van der Waals surface area contributed by atoms with E-state index < -0.39 is 5.97 Å². The molecule has 0 spiro atoms. The van der Waals surface area contributed by atoms with E-state index >= 15 is 0 Å². The summed E-state index contributed by atoms with van der Waals surface area (Å²) in [5.74, 6) is 2.69. The average Bonchev–Trinajstić information content (AvgIpc) is 3.35. The summed E-state index contributed by atoms with van der Waals surface area (Å²) in [6.45, 7) is 13.4. The molecule has 9 heteroatoms. The maximum Gasteiger partial charge on any atom is 0.305 e. The van der Waals surface area contributed by atoms with Crippen LogP contribution in [0.25, 0.3) is 0 Å². The molecule has 2 unspecified atom stereocenters. The first-order chi connectivity index (χ1) is 17.6. The summed E-state index contributed by atoms with van der Waals surface area (Å²) in [6.07, 6.45) is 11.2. The van der Waals surface area contributed by atoms with Crippen molar-refractivity contribution in [1.82, 2.24) is 0 Å². The molecular formula is C28H58O5S4. The van der Waals surface area contributed by atoms with Crippen molar-refractivity contribution in [3.63, 3.8) is 0 Å². The van der Waals surface area contributed by atoms with Crippen molar-refractivity contribution in [3.8, 4) is 0 Å². The predicted molar refractivity (Wildman–Crippen MR) is 173 cm³/mol. The van der Waals surface area contributed by atoms with E-state index in [1.807, 2.05) is 35.4 Å². The number of thiol groups is 2. The van der Waals surface area contributed by atoms with Crippen LogP contribution in [0.2, 0.25) is 0 Å². The van der Waals surface area contributed by atoms with Crippen LogP contribution in [0.5, 0.6) is 0 Å². The largest absolute Gasteiger partial charge is 0.481 e. The van der Waals surface area contributed by atoms with Gasteiger partial charge < -0.3 is 14.9 Å². The van der Waals surface area contributed by atoms with Gasteiger partial charge in [0.15, 0.2) is 0 Å². The number of carbonyl (C=O) groups is 2. The van der Waals surface area contributed by atoms with Crippen molar-refractivity contribution in [3.05, 3.63) is 0 Å². The van der Waals surface area contributed by atoms with E-state index in [9.17, 15) is 9.59 Å². The summed E-state index contributed by atoms with van der Waals surface area (Å²) < 4.78 is 5.18. The van der Waals surface area contributed by atoms with Gasteiger partial charge in [0.1, 0.15) is 0 Å². The molecule has 0 saturated carbocycles. The molecule has 224 valence electrons. The van der Waals surface area contributed by atoms with Gasteiger partial charge in [-0.25, -0.2) is 0 Å². The highest BCUT2D eigenvalue weighted by Gasteiger charge is 2.15. The number of unbranched alkanes of at least 4 members (excludes halogenated alkanes) is 2. The highest BCUT2D eigenvalue weighted by molar-refractivity contribution is 8.77. The van der Waals surface area contributed by atoms with Crippen LogP contribution in [-0.4, -0.2) is 57.4 Å². The number of carboxylic acids is 1. The number of hydrogen-bond donors (Lipinski definition) is 4. The lowest BCUT2D eigenvalue weighted by atomic mass is 10.1. The molecule has 1 aliphatic rings.